The number of alkyl halides is 6. The minimum Gasteiger partial charge on any atom is -0.362 e. The van der Waals surface area contributed by atoms with Crippen LogP contribution in [0, 0.1) is 6.92 Å². The number of aryl methyl sites for hydroxylation is 2. The zero-order valence-corrected chi connectivity index (χ0v) is 18.2. The van der Waals surface area contributed by atoms with Crippen LogP contribution in [0.3, 0.4) is 0 Å². The number of halogens is 6. The van der Waals surface area contributed by atoms with Crippen LogP contribution in [0.1, 0.15) is 29.8 Å². The molecule has 4 rings (SSSR count). The van der Waals surface area contributed by atoms with Crippen LogP contribution in [0.2, 0.25) is 0 Å². The highest BCUT2D eigenvalue weighted by atomic mass is 19.4. The van der Waals surface area contributed by atoms with Gasteiger partial charge in [-0.2, -0.15) is 31.4 Å². The van der Waals surface area contributed by atoms with Crippen molar-refractivity contribution < 1.29 is 26.3 Å². The fourth-order valence-electron chi connectivity index (χ4n) is 3.89. The van der Waals surface area contributed by atoms with Crippen LogP contribution in [0.5, 0.6) is 0 Å². The maximum absolute atomic E-state index is 13.1. The van der Waals surface area contributed by atoms with Crippen molar-refractivity contribution in [2.75, 3.05) is 5.32 Å². The summed E-state index contributed by atoms with van der Waals surface area (Å²) >= 11 is 0. The predicted octanol–water partition coefficient (Wildman–Crippen LogP) is 5.35. The number of hydrogen-bond donors (Lipinski definition) is 1. The smallest absolute Gasteiger partial charge is 0.362 e. The van der Waals surface area contributed by atoms with E-state index in [9.17, 15) is 31.1 Å². The van der Waals surface area contributed by atoms with E-state index in [1.54, 1.807) is 19.9 Å². The second kappa shape index (κ2) is 8.03. The molecule has 2 aromatic heterocycles. The van der Waals surface area contributed by atoms with Crippen molar-refractivity contribution in [1.82, 2.24) is 19.3 Å². The Bertz CT molecular complexity index is 1450. The number of benzene rings is 2. The molecule has 12 heteroatoms. The standard InChI is InChI=1S/C22H19F6N5O/c1-11(13-5-4-6-14(7-13)22(26,27)28)29-19-16-9-18-17(8-15(16)12(2)30-31-19)32(3)20(34)33(18)10-21(23,24)25/h4-9,11H,10H2,1-3H3,(H,29,31)/t11-/m1/s1. The second-order valence-corrected chi connectivity index (χ2v) is 8.05. The summed E-state index contributed by atoms with van der Waals surface area (Å²) in [6, 6.07) is 7.13. The summed E-state index contributed by atoms with van der Waals surface area (Å²) in [5.41, 5.74) is -0.478. The van der Waals surface area contributed by atoms with Crippen molar-refractivity contribution in [2.45, 2.75) is 38.8 Å². The van der Waals surface area contributed by atoms with Crippen molar-refractivity contribution in [3.63, 3.8) is 0 Å². The van der Waals surface area contributed by atoms with Gasteiger partial charge in [0.2, 0.25) is 0 Å². The lowest BCUT2D eigenvalue weighted by Gasteiger charge is -2.18. The fraction of sp³-hybridized carbons (Fsp3) is 0.318. The molecule has 34 heavy (non-hydrogen) atoms. The Hall–Kier alpha value is -3.57. The molecule has 0 unspecified atom stereocenters. The van der Waals surface area contributed by atoms with E-state index in [0.717, 1.165) is 16.7 Å². The molecule has 0 radical (unpaired) electrons. The molecule has 2 aromatic carbocycles. The molecule has 180 valence electrons. The molecule has 0 amide bonds. The van der Waals surface area contributed by atoms with Gasteiger partial charge in [0, 0.05) is 17.8 Å². The van der Waals surface area contributed by atoms with Crippen molar-refractivity contribution in [3.05, 3.63) is 63.7 Å². The number of nitrogens with one attached hydrogen (secondary N) is 1. The lowest BCUT2D eigenvalue weighted by Crippen LogP contribution is -2.28. The first-order valence-corrected chi connectivity index (χ1v) is 10.1. The molecule has 1 N–H and O–H groups in total. The summed E-state index contributed by atoms with van der Waals surface area (Å²) in [5, 5.41) is 12.1. The molecule has 0 aliphatic heterocycles. The summed E-state index contributed by atoms with van der Waals surface area (Å²) in [6.07, 6.45) is -9.12. The monoisotopic (exact) mass is 483 g/mol. The maximum Gasteiger partial charge on any atom is 0.416 e. The highest BCUT2D eigenvalue weighted by Gasteiger charge is 2.32. The number of nitrogens with zero attached hydrogens (tertiary/aromatic N) is 4. The Labute approximate surface area is 188 Å². The average Bonchev–Trinajstić information content (AvgIpc) is 2.97. The highest BCUT2D eigenvalue weighted by Crippen LogP contribution is 2.33. The van der Waals surface area contributed by atoms with Gasteiger partial charge < -0.3 is 5.32 Å². The number of fused-ring (bicyclic) bond motifs is 2. The Morgan fingerprint density at radius 3 is 2.32 bits per heavy atom. The Kier molecular flexibility index (Phi) is 5.57. The van der Waals surface area contributed by atoms with Gasteiger partial charge in [-0.1, -0.05) is 12.1 Å². The van der Waals surface area contributed by atoms with Gasteiger partial charge in [0.05, 0.1) is 28.3 Å². The molecule has 0 saturated carbocycles. The van der Waals surface area contributed by atoms with Gasteiger partial charge in [0.25, 0.3) is 0 Å². The first-order chi connectivity index (χ1) is 15.8. The molecule has 0 spiro atoms. The summed E-state index contributed by atoms with van der Waals surface area (Å²) in [4.78, 5) is 12.5. The molecule has 0 bridgehead atoms. The third-order valence-corrected chi connectivity index (χ3v) is 5.63. The second-order valence-electron chi connectivity index (χ2n) is 8.05. The van der Waals surface area contributed by atoms with Crippen molar-refractivity contribution in [1.29, 1.82) is 0 Å². The predicted molar refractivity (Wildman–Crippen MR) is 115 cm³/mol. The minimum absolute atomic E-state index is 0.0551. The summed E-state index contributed by atoms with van der Waals surface area (Å²) in [7, 11) is 1.38. The van der Waals surface area contributed by atoms with E-state index in [0.29, 0.717) is 26.6 Å². The summed E-state index contributed by atoms with van der Waals surface area (Å²) < 4.78 is 80.4. The van der Waals surface area contributed by atoms with Crippen LogP contribution in [0.15, 0.2) is 41.2 Å². The molecule has 4 aromatic rings. The molecule has 2 heterocycles. The van der Waals surface area contributed by atoms with E-state index in [4.69, 9.17) is 0 Å². The van der Waals surface area contributed by atoms with Gasteiger partial charge in [-0.25, -0.2) is 4.79 Å². The van der Waals surface area contributed by atoms with E-state index in [2.05, 4.69) is 15.5 Å². The first-order valence-electron chi connectivity index (χ1n) is 10.1. The molecule has 0 aliphatic rings. The van der Waals surface area contributed by atoms with Gasteiger partial charge in [-0.3, -0.25) is 9.13 Å². The van der Waals surface area contributed by atoms with E-state index in [1.807, 2.05) is 0 Å². The van der Waals surface area contributed by atoms with Crippen molar-refractivity contribution >= 4 is 27.6 Å². The molecule has 6 nitrogen and oxygen atoms in total. The molecular weight excluding hydrogens is 464 g/mol. The molecule has 0 saturated heterocycles. The highest BCUT2D eigenvalue weighted by molar-refractivity contribution is 6.01. The zero-order chi connectivity index (χ0) is 25.0. The Morgan fingerprint density at radius 2 is 1.68 bits per heavy atom. The molecule has 0 fully saturated rings. The van der Waals surface area contributed by atoms with Crippen LogP contribution < -0.4 is 11.0 Å². The molecular formula is C22H19F6N5O. The van der Waals surface area contributed by atoms with Crippen LogP contribution in [0.25, 0.3) is 21.8 Å². The zero-order valence-electron chi connectivity index (χ0n) is 18.2. The number of anilines is 1. The maximum atomic E-state index is 13.1. The lowest BCUT2D eigenvalue weighted by atomic mass is 10.0. The summed E-state index contributed by atoms with van der Waals surface area (Å²) in [6.45, 7) is 1.82. The Morgan fingerprint density at radius 1 is 1.00 bits per heavy atom. The van der Waals surface area contributed by atoms with Gasteiger partial charge >= 0.3 is 18.0 Å². The van der Waals surface area contributed by atoms with E-state index >= 15 is 0 Å². The SMILES string of the molecule is Cc1nnc(N[C@H](C)c2cccc(C(F)(F)F)c2)c2cc3c(cc12)n(C)c(=O)n3CC(F)(F)F. The lowest BCUT2D eigenvalue weighted by molar-refractivity contribution is -0.140. The normalized spacial score (nSPS) is 13.6. The minimum atomic E-state index is -4.61. The van der Waals surface area contributed by atoms with Crippen molar-refractivity contribution in [2.24, 2.45) is 7.05 Å². The van der Waals surface area contributed by atoms with Gasteiger partial charge in [0.15, 0.2) is 5.82 Å². The fourth-order valence-corrected chi connectivity index (χ4v) is 3.89. The summed E-state index contributed by atoms with van der Waals surface area (Å²) in [5.74, 6) is 0.169. The van der Waals surface area contributed by atoms with Crippen molar-refractivity contribution in [3.8, 4) is 0 Å². The van der Waals surface area contributed by atoms with Crippen LogP contribution >= 0.6 is 0 Å². The molecule has 1 atom stereocenters. The van der Waals surface area contributed by atoms with E-state index in [-0.39, 0.29) is 16.9 Å². The van der Waals surface area contributed by atoms with Crippen LogP contribution in [-0.2, 0) is 19.8 Å². The first kappa shape index (κ1) is 23.6. The third-order valence-electron chi connectivity index (χ3n) is 5.63. The number of hydrogen-bond acceptors (Lipinski definition) is 4. The quantitative estimate of drug-likeness (QED) is 0.398. The third kappa shape index (κ3) is 4.31. The largest absolute Gasteiger partial charge is 0.416 e. The van der Waals surface area contributed by atoms with E-state index < -0.39 is 36.2 Å². The van der Waals surface area contributed by atoms with Crippen LogP contribution in [-0.4, -0.2) is 25.5 Å². The number of rotatable bonds is 4. The van der Waals surface area contributed by atoms with Gasteiger partial charge in [-0.15, -0.1) is 5.10 Å². The number of imidazole rings is 1. The number of aromatic nitrogens is 4. The Balaban J connectivity index is 1.84. The van der Waals surface area contributed by atoms with Gasteiger partial charge in [-0.05, 0) is 43.7 Å². The van der Waals surface area contributed by atoms with Crippen LogP contribution in [0.4, 0.5) is 32.2 Å². The topological polar surface area (TPSA) is 64.7 Å². The van der Waals surface area contributed by atoms with E-state index in [1.165, 1.54) is 25.2 Å². The van der Waals surface area contributed by atoms with Gasteiger partial charge in [0.1, 0.15) is 6.54 Å². The molecule has 0 aliphatic carbocycles. The average molecular weight is 483 g/mol.